The van der Waals surface area contributed by atoms with Crippen molar-refractivity contribution in [2.45, 2.75) is 6.92 Å². The second kappa shape index (κ2) is 6.82. The molecule has 2 aromatic heterocycles. The molecule has 2 heterocycles. The first-order chi connectivity index (χ1) is 15.2. The van der Waals surface area contributed by atoms with E-state index in [1.165, 1.54) is 55.1 Å². The fourth-order valence-electron chi connectivity index (χ4n) is 4.80. The van der Waals surface area contributed by atoms with Gasteiger partial charge in [0.2, 0.25) is 5.69 Å². The smallest absolute Gasteiger partial charge is 0.213 e. The van der Waals surface area contributed by atoms with Crippen LogP contribution in [-0.4, -0.2) is 4.57 Å². The maximum absolute atomic E-state index is 2.38. The van der Waals surface area contributed by atoms with Crippen LogP contribution in [0.1, 0.15) is 5.56 Å². The second-order valence-electron chi connectivity index (χ2n) is 8.27. The number of nitrogens with zero attached hydrogens (tertiary/aromatic N) is 2. The first-order valence-corrected chi connectivity index (χ1v) is 10.7. The molecule has 0 aliphatic heterocycles. The summed E-state index contributed by atoms with van der Waals surface area (Å²) in [5, 5.41) is 5.07. The predicted molar refractivity (Wildman–Crippen MR) is 130 cm³/mol. The van der Waals surface area contributed by atoms with Crippen molar-refractivity contribution in [3.05, 3.63) is 109 Å². The largest absolute Gasteiger partial charge is 0.309 e. The third-order valence-corrected chi connectivity index (χ3v) is 6.33. The van der Waals surface area contributed by atoms with Crippen molar-refractivity contribution < 1.29 is 4.57 Å². The summed E-state index contributed by atoms with van der Waals surface area (Å²) >= 11 is 0. The number of rotatable bonds is 2. The summed E-state index contributed by atoms with van der Waals surface area (Å²) in [6.45, 7) is 2.17. The van der Waals surface area contributed by atoms with Crippen LogP contribution in [0.25, 0.3) is 49.5 Å². The second-order valence-corrected chi connectivity index (χ2v) is 8.27. The zero-order chi connectivity index (χ0) is 20.9. The molecule has 148 valence electrons. The first kappa shape index (κ1) is 17.9. The van der Waals surface area contributed by atoms with Crippen LogP contribution >= 0.6 is 0 Å². The van der Waals surface area contributed by atoms with Crippen LogP contribution in [0.15, 0.2) is 103 Å². The van der Waals surface area contributed by atoms with E-state index in [0.29, 0.717) is 0 Å². The minimum Gasteiger partial charge on any atom is -0.309 e. The van der Waals surface area contributed by atoms with Gasteiger partial charge < -0.3 is 4.57 Å². The van der Waals surface area contributed by atoms with E-state index in [1.807, 2.05) is 0 Å². The molecule has 0 N–H and O–H groups in total. The van der Waals surface area contributed by atoms with Gasteiger partial charge in [-0.05, 0) is 54.3 Å². The van der Waals surface area contributed by atoms with Gasteiger partial charge in [-0.25, -0.2) is 4.57 Å². The summed E-state index contributed by atoms with van der Waals surface area (Å²) in [6.07, 6.45) is 2.23. The van der Waals surface area contributed by atoms with Crippen LogP contribution in [0.2, 0.25) is 0 Å². The Labute approximate surface area is 181 Å². The minimum atomic E-state index is 1.19. The van der Waals surface area contributed by atoms with Gasteiger partial charge in [0.25, 0.3) is 0 Å². The maximum atomic E-state index is 2.38. The monoisotopic (exact) mass is 399 g/mol. The average Bonchev–Trinajstić information content (AvgIpc) is 3.13. The normalized spacial score (nSPS) is 11.5. The molecule has 0 aliphatic carbocycles. The summed E-state index contributed by atoms with van der Waals surface area (Å²) in [6, 6.07) is 35.0. The lowest BCUT2D eigenvalue weighted by atomic mass is 10.0. The number of aromatic nitrogens is 2. The molecular weight excluding hydrogens is 376 g/mol. The molecule has 0 atom stereocenters. The molecule has 0 aliphatic rings. The van der Waals surface area contributed by atoms with E-state index in [9.17, 15) is 0 Å². The lowest BCUT2D eigenvalue weighted by Gasteiger charge is -2.10. The average molecular weight is 400 g/mol. The zero-order valence-electron chi connectivity index (χ0n) is 17.7. The van der Waals surface area contributed by atoms with E-state index in [4.69, 9.17) is 0 Å². The first-order valence-electron chi connectivity index (χ1n) is 10.7. The van der Waals surface area contributed by atoms with Gasteiger partial charge in [-0.2, -0.15) is 0 Å². The van der Waals surface area contributed by atoms with Crippen molar-refractivity contribution in [3.63, 3.8) is 0 Å². The van der Waals surface area contributed by atoms with Gasteiger partial charge >= 0.3 is 0 Å². The summed E-state index contributed by atoms with van der Waals surface area (Å²) in [5.74, 6) is 0. The molecule has 0 radical (unpaired) electrons. The van der Waals surface area contributed by atoms with Crippen molar-refractivity contribution in [1.29, 1.82) is 0 Å². The minimum absolute atomic E-state index is 1.19. The molecule has 0 bridgehead atoms. The summed E-state index contributed by atoms with van der Waals surface area (Å²) < 4.78 is 4.61. The molecule has 0 saturated heterocycles. The lowest BCUT2D eigenvalue weighted by Crippen LogP contribution is -2.30. The lowest BCUT2D eigenvalue weighted by molar-refractivity contribution is -0.659. The molecule has 0 amide bonds. The highest BCUT2D eigenvalue weighted by atomic mass is 15.0. The van der Waals surface area contributed by atoms with Crippen LogP contribution in [0.4, 0.5) is 0 Å². The van der Waals surface area contributed by atoms with E-state index in [2.05, 4.69) is 126 Å². The van der Waals surface area contributed by atoms with Crippen molar-refractivity contribution in [2.24, 2.45) is 7.05 Å². The van der Waals surface area contributed by atoms with Crippen LogP contribution in [-0.2, 0) is 7.05 Å². The van der Waals surface area contributed by atoms with Crippen molar-refractivity contribution >= 4 is 32.6 Å². The van der Waals surface area contributed by atoms with Crippen molar-refractivity contribution in [3.8, 4) is 16.9 Å². The van der Waals surface area contributed by atoms with Crippen LogP contribution in [0.5, 0.6) is 0 Å². The Morgan fingerprint density at radius 3 is 2.00 bits per heavy atom. The van der Waals surface area contributed by atoms with E-state index in [1.54, 1.807) is 0 Å². The van der Waals surface area contributed by atoms with Gasteiger partial charge in [-0.15, -0.1) is 0 Å². The highest BCUT2D eigenvalue weighted by Crippen LogP contribution is 2.33. The third kappa shape index (κ3) is 2.76. The number of para-hydroxylation sites is 2. The molecule has 2 heteroatoms. The molecule has 31 heavy (non-hydrogen) atoms. The van der Waals surface area contributed by atoms with Crippen LogP contribution < -0.4 is 4.57 Å². The summed E-state index contributed by atoms with van der Waals surface area (Å²) in [4.78, 5) is 0. The SMILES string of the molecule is Cc1ccccc1-c1cc2cc(-n3c4ccccc4c4ccccc43)ccc2c[n+]1C. The molecule has 6 rings (SSSR count). The Bertz CT molecular complexity index is 1550. The van der Waals surface area contributed by atoms with Gasteiger partial charge in [0.05, 0.1) is 11.0 Å². The molecule has 0 fully saturated rings. The number of pyridine rings is 1. The van der Waals surface area contributed by atoms with Gasteiger partial charge in [-0.3, -0.25) is 0 Å². The summed E-state index contributed by atoms with van der Waals surface area (Å²) in [7, 11) is 2.13. The Hall–Kier alpha value is -3.91. The molecule has 2 nitrogen and oxygen atoms in total. The van der Waals surface area contributed by atoms with E-state index in [0.717, 1.165) is 0 Å². The van der Waals surface area contributed by atoms with Crippen LogP contribution in [0.3, 0.4) is 0 Å². The van der Waals surface area contributed by atoms with Gasteiger partial charge in [0.1, 0.15) is 7.05 Å². The Kier molecular flexibility index (Phi) is 3.94. The Morgan fingerprint density at radius 1 is 0.645 bits per heavy atom. The van der Waals surface area contributed by atoms with Gasteiger partial charge in [0, 0.05) is 33.5 Å². The topological polar surface area (TPSA) is 8.81 Å². The highest BCUT2D eigenvalue weighted by Gasteiger charge is 2.16. The number of benzene rings is 4. The number of hydrogen-bond acceptors (Lipinski definition) is 0. The number of hydrogen-bond donors (Lipinski definition) is 0. The maximum Gasteiger partial charge on any atom is 0.213 e. The molecule has 0 saturated carbocycles. The zero-order valence-corrected chi connectivity index (χ0v) is 17.7. The van der Waals surface area contributed by atoms with E-state index in [-0.39, 0.29) is 0 Å². The van der Waals surface area contributed by atoms with E-state index < -0.39 is 0 Å². The van der Waals surface area contributed by atoms with Crippen molar-refractivity contribution in [2.75, 3.05) is 0 Å². The molecule has 0 spiro atoms. The summed E-state index contributed by atoms with van der Waals surface area (Å²) in [5.41, 5.74) is 7.46. The standard InChI is InChI=1S/C29H23N2/c1-20-9-3-4-10-24(20)29-18-22-17-23(16-15-21(22)19-30(29)2)31-27-13-7-5-11-25(27)26-12-6-8-14-28(26)31/h3-19H,1-2H3/q+1. The highest BCUT2D eigenvalue weighted by molar-refractivity contribution is 6.09. The van der Waals surface area contributed by atoms with Gasteiger partial charge in [0.15, 0.2) is 6.20 Å². The Morgan fingerprint density at radius 2 is 1.29 bits per heavy atom. The van der Waals surface area contributed by atoms with Gasteiger partial charge in [-0.1, -0.05) is 54.6 Å². The van der Waals surface area contributed by atoms with Crippen LogP contribution in [0, 0.1) is 6.92 Å². The molecule has 4 aromatic carbocycles. The quantitative estimate of drug-likeness (QED) is 0.285. The predicted octanol–water partition coefficient (Wildman–Crippen LogP) is 6.74. The Balaban J connectivity index is 1.63. The molecular formula is C29H23N2+. The van der Waals surface area contributed by atoms with Crippen molar-refractivity contribution in [1.82, 2.24) is 4.57 Å². The molecule has 0 unspecified atom stereocenters. The molecule has 6 aromatic rings. The third-order valence-electron chi connectivity index (χ3n) is 6.33. The number of fused-ring (bicyclic) bond motifs is 4. The van der Waals surface area contributed by atoms with E-state index >= 15 is 0 Å². The fraction of sp³-hybridized carbons (Fsp3) is 0.0690. The number of aryl methyl sites for hydroxylation is 2. The fourth-order valence-corrected chi connectivity index (χ4v) is 4.80.